The van der Waals surface area contributed by atoms with Crippen LogP contribution in [0.5, 0.6) is 0 Å². The maximum atomic E-state index is 10.6. The third-order valence-corrected chi connectivity index (χ3v) is 3.00. The monoisotopic (exact) mass is 155 g/mol. The van der Waals surface area contributed by atoms with Crippen molar-refractivity contribution >= 4 is 5.97 Å². The van der Waals surface area contributed by atoms with Crippen molar-refractivity contribution in [3.63, 3.8) is 0 Å². The zero-order chi connectivity index (χ0) is 7.90. The summed E-state index contributed by atoms with van der Waals surface area (Å²) < 4.78 is 0. The number of nitrogens with one attached hydrogen (secondary N) is 1. The van der Waals surface area contributed by atoms with E-state index in [1.54, 1.807) is 0 Å². The largest absolute Gasteiger partial charge is 0.480 e. The van der Waals surface area contributed by atoms with Crippen LogP contribution in [0.4, 0.5) is 0 Å². The normalized spacial score (nSPS) is 33.6. The highest BCUT2D eigenvalue weighted by Crippen LogP contribution is 2.40. The second-order valence-electron chi connectivity index (χ2n) is 3.71. The lowest BCUT2D eigenvalue weighted by Crippen LogP contribution is -2.50. The maximum Gasteiger partial charge on any atom is 0.320 e. The molecule has 11 heavy (non-hydrogen) atoms. The summed E-state index contributed by atoms with van der Waals surface area (Å²) in [5.74, 6) is -0.686. The summed E-state index contributed by atoms with van der Waals surface area (Å²) in [6.45, 7) is 0. The van der Waals surface area contributed by atoms with E-state index in [-0.39, 0.29) is 11.6 Å². The molecule has 2 aliphatic rings. The van der Waals surface area contributed by atoms with Crippen molar-refractivity contribution in [3.05, 3.63) is 0 Å². The molecule has 0 radical (unpaired) electrons. The van der Waals surface area contributed by atoms with Crippen molar-refractivity contribution in [2.45, 2.75) is 43.7 Å². The van der Waals surface area contributed by atoms with Gasteiger partial charge in [-0.2, -0.15) is 0 Å². The molecular formula is C8H13NO2. The number of aliphatic carboxylic acids is 1. The predicted octanol–water partition coefficient (Wildman–Crippen LogP) is 0.746. The molecule has 1 heterocycles. The van der Waals surface area contributed by atoms with Crippen LogP contribution < -0.4 is 5.32 Å². The second kappa shape index (κ2) is 2.21. The fourth-order valence-electron chi connectivity index (χ4n) is 2.12. The van der Waals surface area contributed by atoms with Gasteiger partial charge in [0.2, 0.25) is 0 Å². The van der Waals surface area contributed by atoms with E-state index in [4.69, 9.17) is 5.11 Å². The first-order valence-corrected chi connectivity index (χ1v) is 4.22. The topological polar surface area (TPSA) is 49.3 Å². The van der Waals surface area contributed by atoms with Gasteiger partial charge in [-0.25, -0.2) is 0 Å². The molecular weight excluding hydrogens is 142 g/mol. The van der Waals surface area contributed by atoms with Crippen LogP contribution in [-0.2, 0) is 4.79 Å². The molecule has 1 saturated heterocycles. The number of rotatable bonds is 1. The summed E-state index contributed by atoms with van der Waals surface area (Å²) in [6, 6.07) is -0.268. The minimum absolute atomic E-state index is 0.239. The number of carboxylic acid groups (broad SMARTS) is 1. The zero-order valence-electron chi connectivity index (χ0n) is 6.47. The Bertz CT molecular complexity index is 187. The minimum Gasteiger partial charge on any atom is -0.480 e. The zero-order valence-corrected chi connectivity index (χ0v) is 6.47. The molecule has 2 fully saturated rings. The number of carboxylic acids is 1. The van der Waals surface area contributed by atoms with Gasteiger partial charge in [-0.05, 0) is 32.1 Å². The van der Waals surface area contributed by atoms with E-state index in [0.29, 0.717) is 0 Å². The number of carbonyl (C=O) groups is 1. The quantitative estimate of drug-likeness (QED) is 0.587. The third-order valence-electron chi connectivity index (χ3n) is 3.00. The summed E-state index contributed by atoms with van der Waals surface area (Å²) in [6.07, 6.45) is 5.49. The molecule has 0 aromatic carbocycles. The van der Waals surface area contributed by atoms with Gasteiger partial charge >= 0.3 is 5.97 Å². The Labute approximate surface area is 65.8 Å². The van der Waals surface area contributed by atoms with E-state index in [0.717, 1.165) is 12.8 Å². The highest BCUT2D eigenvalue weighted by atomic mass is 16.4. The Morgan fingerprint density at radius 1 is 1.45 bits per heavy atom. The SMILES string of the molecule is O=C(O)[C@@H]1CCC2(CCC2)N1. The predicted molar refractivity (Wildman–Crippen MR) is 40.4 cm³/mol. The van der Waals surface area contributed by atoms with Gasteiger partial charge in [-0.3, -0.25) is 10.1 Å². The fourth-order valence-corrected chi connectivity index (χ4v) is 2.12. The van der Waals surface area contributed by atoms with E-state index in [1.165, 1.54) is 19.3 Å². The lowest BCUT2D eigenvalue weighted by Gasteiger charge is -2.38. The number of hydrogen-bond donors (Lipinski definition) is 2. The van der Waals surface area contributed by atoms with Crippen LogP contribution in [0.3, 0.4) is 0 Å². The Morgan fingerprint density at radius 3 is 2.45 bits per heavy atom. The maximum absolute atomic E-state index is 10.6. The number of hydrogen-bond acceptors (Lipinski definition) is 2. The van der Waals surface area contributed by atoms with Crippen molar-refractivity contribution < 1.29 is 9.90 Å². The van der Waals surface area contributed by atoms with Crippen LogP contribution in [-0.4, -0.2) is 22.7 Å². The highest BCUT2D eigenvalue weighted by molar-refractivity contribution is 5.74. The van der Waals surface area contributed by atoms with Gasteiger partial charge in [0.1, 0.15) is 6.04 Å². The van der Waals surface area contributed by atoms with Crippen LogP contribution in [0, 0.1) is 0 Å². The van der Waals surface area contributed by atoms with E-state index in [2.05, 4.69) is 5.32 Å². The van der Waals surface area contributed by atoms with Crippen molar-refractivity contribution in [1.29, 1.82) is 0 Å². The van der Waals surface area contributed by atoms with Gasteiger partial charge < -0.3 is 5.11 Å². The standard InChI is InChI=1S/C8H13NO2/c10-7(11)6-2-5-8(9-6)3-1-4-8/h6,9H,1-5H2,(H,10,11)/t6-/m0/s1. The molecule has 2 rings (SSSR count). The lowest BCUT2D eigenvalue weighted by molar-refractivity contribution is -0.139. The fraction of sp³-hybridized carbons (Fsp3) is 0.875. The lowest BCUT2D eigenvalue weighted by atomic mass is 9.76. The van der Waals surface area contributed by atoms with Gasteiger partial charge in [0.15, 0.2) is 0 Å². The third kappa shape index (κ3) is 1.03. The molecule has 3 heteroatoms. The molecule has 1 aliphatic carbocycles. The van der Waals surface area contributed by atoms with Crippen LogP contribution in [0.1, 0.15) is 32.1 Å². The molecule has 3 nitrogen and oxygen atoms in total. The molecule has 0 aromatic rings. The van der Waals surface area contributed by atoms with Crippen LogP contribution in [0.25, 0.3) is 0 Å². The Balaban J connectivity index is 1.98. The van der Waals surface area contributed by atoms with E-state index >= 15 is 0 Å². The van der Waals surface area contributed by atoms with Crippen molar-refractivity contribution in [2.75, 3.05) is 0 Å². The van der Waals surface area contributed by atoms with Gasteiger partial charge in [0.25, 0.3) is 0 Å². The molecule has 0 unspecified atom stereocenters. The van der Waals surface area contributed by atoms with Crippen LogP contribution in [0.15, 0.2) is 0 Å². The second-order valence-corrected chi connectivity index (χ2v) is 3.71. The molecule has 0 aromatic heterocycles. The molecule has 1 atom stereocenters. The van der Waals surface area contributed by atoms with Crippen LogP contribution >= 0.6 is 0 Å². The average molecular weight is 155 g/mol. The molecule has 62 valence electrons. The van der Waals surface area contributed by atoms with Gasteiger partial charge in [0, 0.05) is 5.54 Å². The average Bonchev–Trinajstić information content (AvgIpc) is 2.28. The molecule has 2 N–H and O–H groups in total. The van der Waals surface area contributed by atoms with Gasteiger partial charge in [0.05, 0.1) is 0 Å². The van der Waals surface area contributed by atoms with E-state index < -0.39 is 5.97 Å². The van der Waals surface area contributed by atoms with Crippen molar-refractivity contribution in [2.24, 2.45) is 0 Å². The minimum atomic E-state index is -0.686. The molecule has 1 aliphatic heterocycles. The Hall–Kier alpha value is -0.570. The van der Waals surface area contributed by atoms with E-state index in [9.17, 15) is 4.79 Å². The Morgan fingerprint density at radius 2 is 2.18 bits per heavy atom. The summed E-state index contributed by atoms with van der Waals surface area (Å²) in [7, 11) is 0. The van der Waals surface area contributed by atoms with Gasteiger partial charge in [-0.1, -0.05) is 0 Å². The first-order valence-electron chi connectivity index (χ1n) is 4.22. The first-order chi connectivity index (χ1) is 5.22. The highest BCUT2D eigenvalue weighted by Gasteiger charge is 2.44. The van der Waals surface area contributed by atoms with E-state index in [1.807, 2.05) is 0 Å². The smallest absolute Gasteiger partial charge is 0.320 e. The molecule has 0 bridgehead atoms. The summed E-state index contributed by atoms with van der Waals surface area (Å²) in [4.78, 5) is 10.6. The van der Waals surface area contributed by atoms with Crippen molar-refractivity contribution in [3.8, 4) is 0 Å². The molecule has 0 amide bonds. The van der Waals surface area contributed by atoms with Gasteiger partial charge in [-0.15, -0.1) is 0 Å². The van der Waals surface area contributed by atoms with Crippen molar-refractivity contribution in [1.82, 2.24) is 5.32 Å². The molecule has 1 saturated carbocycles. The first kappa shape index (κ1) is 7.10. The summed E-state index contributed by atoms with van der Waals surface area (Å²) >= 11 is 0. The summed E-state index contributed by atoms with van der Waals surface area (Å²) in [5.41, 5.74) is 0.239. The van der Waals surface area contributed by atoms with Crippen LogP contribution in [0.2, 0.25) is 0 Å². The summed E-state index contributed by atoms with van der Waals surface area (Å²) in [5, 5.41) is 11.9. The molecule has 1 spiro atoms. The Kier molecular flexibility index (Phi) is 1.42.